The quantitative estimate of drug-likeness (QED) is 0.329. The first kappa shape index (κ1) is 34.4. The molecule has 2 unspecified atom stereocenters. The Kier molecular flexibility index (Phi) is 9.05. The van der Waals surface area contributed by atoms with Crippen LogP contribution in [0.25, 0.3) is 0 Å². The number of carbonyl (C=O) groups is 2. The molecule has 13 heteroatoms. The van der Waals surface area contributed by atoms with Crippen molar-refractivity contribution in [2.75, 3.05) is 37.5 Å². The third kappa shape index (κ3) is 6.72. The number of allylic oxidation sites excluding steroid dienone is 1. The van der Waals surface area contributed by atoms with E-state index in [0.29, 0.717) is 54.5 Å². The van der Waals surface area contributed by atoms with Gasteiger partial charge >= 0.3 is 6.18 Å². The highest BCUT2D eigenvalue weighted by molar-refractivity contribution is 7.92. The predicted octanol–water partition coefficient (Wildman–Crippen LogP) is 7.19. The molecule has 2 heterocycles. The van der Waals surface area contributed by atoms with Gasteiger partial charge in [-0.3, -0.25) is 14.3 Å². The Morgan fingerprint density at radius 3 is 2.86 bits per heavy atom. The molecule has 2 bridgehead atoms. The number of halogens is 4. The molecule has 2 fully saturated rings. The fraction of sp³-hybridized carbons (Fsp3) is 0.556. The first-order valence-electron chi connectivity index (χ1n) is 17.0. The fourth-order valence-corrected chi connectivity index (χ4v) is 10.6. The maximum Gasteiger partial charge on any atom is 0.389 e. The van der Waals surface area contributed by atoms with Crippen molar-refractivity contribution in [2.45, 2.75) is 75.0 Å². The molecule has 0 aromatic heterocycles. The summed E-state index contributed by atoms with van der Waals surface area (Å²) in [4.78, 5) is 28.7. The molecule has 264 valence electrons. The normalized spacial score (nSPS) is 32.8. The third-order valence-electron chi connectivity index (χ3n) is 11.1. The Hall–Kier alpha value is -3.09. The molecule has 5 aliphatic rings. The second kappa shape index (κ2) is 12.9. The number of carbonyl (C=O) groups excluding carboxylic acids is 2. The Bertz CT molecular complexity index is 1810. The summed E-state index contributed by atoms with van der Waals surface area (Å²) in [6.45, 7) is 1.86. The predicted molar refractivity (Wildman–Crippen MR) is 181 cm³/mol. The number of ether oxygens (including phenoxy) is 2. The van der Waals surface area contributed by atoms with E-state index in [-0.39, 0.29) is 22.3 Å². The van der Waals surface area contributed by atoms with Crippen LogP contribution >= 0.6 is 11.6 Å². The van der Waals surface area contributed by atoms with Gasteiger partial charge in [0.15, 0.2) is 0 Å². The minimum absolute atomic E-state index is 0.129. The number of benzene rings is 2. The summed E-state index contributed by atoms with van der Waals surface area (Å²) in [7, 11) is -1.89. The Morgan fingerprint density at radius 1 is 1.22 bits per heavy atom. The van der Waals surface area contributed by atoms with E-state index in [4.69, 9.17) is 21.1 Å². The topological polar surface area (TPSA) is 97.3 Å². The third-order valence-corrected chi connectivity index (χ3v) is 13.2. The molecule has 0 saturated heterocycles. The first-order chi connectivity index (χ1) is 23.3. The van der Waals surface area contributed by atoms with Gasteiger partial charge in [-0.2, -0.15) is 13.2 Å². The van der Waals surface area contributed by atoms with Crippen LogP contribution in [0.4, 0.5) is 18.9 Å². The molecule has 1 N–H and O–H groups in total. The van der Waals surface area contributed by atoms with Crippen LogP contribution in [-0.2, 0) is 31.3 Å². The SMILES string of the molecule is CO[C@@]12/C=C/CCCS(=O)(NC(=O)CCCC(F)(F)F)=NC(=O)c3ccc4c(c3)N(C[C@@H]3CC1[C@H]32)C[C@@]1(CCCc2cc(Cl)ccc21)CO4. The number of methoxy groups -OCH3 is 1. The lowest BCUT2D eigenvalue weighted by Gasteiger charge is -2.42. The van der Waals surface area contributed by atoms with Gasteiger partial charge in [0.1, 0.15) is 15.7 Å². The number of rotatable bonds is 5. The van der Waals surface area contributed by atoms with Gasteiger partial charge in [0.2, 0.25) is 5.91 Å². The van der Waals surface area contributed by atoms with E-state index in [1.807, 2.05) is 12.1 Å². The minimum atomic E-state index is -4.41. The number of nitrogens with one attached hydrogen (secondary N) is 1. The van der Waals surface area contributed by atoms with Gasteiger partial charge in [0, 0.05) is 55.0 Å². The molecule has 2 amide bonds. The van der Waals surface area contributed by atoms with E-state index >= 15 is 0 Å². The highest BCUT2D eigenvalue weighted by atomic mass is 35.5. The molecule has 2 aromatic carbocycles. The monoisotopic (exact) mass is 719 g/mol. The number of amides is 2. The Morgan fingerprint density at radius 2 is 2.06 bits per heavy atom. The van der Waals surface area contributed by atoms with Crippen LogP contribution in [0.5, 0.6) is 5.75 Å². The zero-order valence-electron chi connectivity index (χ0n) is 27.4. The van der Waals surface area contributed by atoms with Crippen molar-refractivity contribution >= 4 is 39.0 Å². The van der Waals surface area contributed by atoms with E-state index in [1.165, 1.54) is 11.1 Å². The lowest BCUT2D eigenvalue weighted by atomic mass is 9.70. The van der Waals surface area contributed by atoms with Gasteiger partial charge in [-0.05, 0) is 98.2 Å². The number of nitrogens with zero attached hydrogens (tertiary/aromatic N) is 2. The number of hydrogen-bond donors (Lipinski definition) is 1. The molecular formula is C36H41ClF3N3O5S. The van der Waals surface area contributed by atoms with Gasteiger partial charge in [-0.15, -0.1) is 4.36 Å². The lowest BCUT2D eigenvalue weighted by Crippen LogP contribution is -2.47. The smallest absolute Gasteiger partial charge is 0.389 e. The molecule has 49 heavy (non-hydrogen) atoms. The van der Waals surface area contributed by atoms with Crippen molar-refractivity contribution in [2.24, 2.45) is 22.1 Å². The summed E-state index contributed by atoms with van der Waals surface area (Å²) >= 11 is 6.41. The average Bonchev–Trinajstić information content (AvgIpc) is 3.61. The molecular weight excluding hydrogens is 679 g/mol. The molecule has 8 nitrogen and oxygen atoms in total. The molecule has 3 aliphatic carbocycles. The van der Waals surface area contributed by atoms with Crippen molar-refractivity contribution in [3.63, 3.8) is 0 Å². The van der Waals surface area contributed by atoms with Crippen molar-refractivity contribution < 1.29 is 36.4 Å². The van der Waals surface area contributed by atoms with Crippen LogP contribution < -0.4 is 14.4 Å². The summed E-state index contributed by atoms with van der Waals surface area (Å²) in [6, 6.07) is 11.2. The average molecular weight is 720 g/mol. The van der Waals surface area contributed by atoms with E-state index in [2.05, 4.69) is 32.2 Å². The fourth-order valence-electron chi connectivity index (χ4n) is 8.75. The van der Waals surface area contributed by atoms with Crippen LogP contribution in [0.15, 0.2) is 52.9 Å². The van der Waals surface area contributed by atoms with Crippen LogP contribution in [0, 0.1) is 17.8 Å². The van der Waals surface area contributed by atoms with Gasteiger partial charge in [-0.25, -0.2) is 4.21 Å². The van der Waals surface area contributed by atoms with E-state index < -0.39 is 47.2 Å². The number of alkyl halides is 3. The summed E-state index contributed by atoms with van der Waals surface area (Å²) in [5.74, 6) is 0.0280. The molecule has 0 radical (unpaired) electrons. The van der Waals surface area contributed by atoms with Crippen molar-refractivity contribution in [3.8, 4) is 5.75 Å². The summed E-state index contributed by atoms with van der Waals surface area (Å²) < 4.78 is 71.1. The van der Waals surface area contributed by atoms with Gasteiger partial charge in [-0.1, -0.05) is 29.8 Å². The molecule has 2 aromatic rings. The summed E-state index contributed by atoms with van der Waals surface area (Å²) in [5, 5.41) is 0.706. The summed E-state index contributed by atoms with van der Waals surface area (Å²) in [6.07, 6.45) is 2.34. The molecule has 6 atom stereocenters. The van der Waals surface area contributed by atoms with Crippen molar-refractivity contribution in [1.82, 2.24) is 4.72 Å². The van der Waals surface area contributed by atoms with Gasteiger partial charge in [0.25, 0.3) is 5.91 Å². The largest absolute Gasteiger partial charge is 0.490 e. The lowest BCUT2D eigenvalue weighted by molar-refractivity contribution is -0.137. The number of hydrogen-bond acceptors (Lipinski definition) is 6. The summed E-state index contributed by atoms with van der Waals surface area (Å²) in [5.41, 5.74) is 2.72. The Balaban J connectivity index is 1.25. The van der Waals surface area contributed by atoms with Crippen molar-refractivity contribution in [1.29, 1.82) is 0 Å². The number of aryl methyl sites for hydroxylation is 1. The standard InChI is InChI=1S/C36H41ClF3N3O5S/c1-47-35-14-3-2-4-16-49(46,41-31(44)8-6-15-36(38,39)40)42-33(45)24-9-12-30-29(19-24)43(20-25-18-28(35)32(25)35)21-34(22-48-30)13-5-7-23-17-26(37)10-11-27(23)34/h3,9-12,14,17,19,25,28,32H,2,4-8,13,15-16,18,20-22H2,1H3,(H,41,42,44,45,46)/b14-3+/t25-,28?,32-,34-,35-,49?/m0/s1. The van der Waals surface area contributed by atoms with E-state index in [9.17, 15) is 27.0 Å². The van der Waals surface area contributed by atoms with Gasteiger partial charge < -0.3 is 14.4 Å². The second-order valence-electron chi connectivity index (χ2n) is 14.3. The zero-order valence-corrected chi connectivity index (χ0v) is 29.0. The molecule has 7 rings (SSSR count). The van der Waals surface area contributed by atoms with E-state index in [1.54, 1.807) is 25.3 Å². The van der Waals surface area contributed by atoms with Crippen LogP contribution in [0.2, 0.25) is 5.02 Å². The number of fused-ring (bicyclic) bond motifs is 4. The van der Waals surface area contributed by atoms with E-state index in [0.717, 1.165) is 37.9 Å². The highest BCUT2D eigenvalue weighted by Crippen LogP contribution is 2.70. The number of anilines is 1. The zero-order chi connectivity index (χ0) is 34.6. The first-order valence-corrected chi connectivity index (χ1v) is 19.1. The van der Waals surface area contributed by atoms with Crippen LogP contribution in [0.1, 0.15) is 72.9 Å². The maximum absolute atomic E-state index is 14.0. The minimum Gasteiger partial charge on any atom is -0.490 e. The van der Waals surface area contributed by atoms with Gasteiger partial charge in [0.05, 0.1) is 23.6 Å². The second-order valence-corrected chi connectivity index (χ2v) is 16.8. The molecule has 2 aliphatic heterocycles. The Labute approximate surface area is 290 Å². The van der Waals surface area contributed by atoms with Crippen LogP contribution in [-0.4, -0.2) is 60.4 Å². The highest BCUT2D eigenvalue weighted by Gasteiger charge is 2.73. The van der Waals surface area contributed by atoms with Crippen LogP contribution in [0.3, 0.4) is 0 Å². The molecule has 1 spiro atoms. The maximum atomic E-state index is 14.0. The van der Waals surface area contributed by atoms with Crippen molar-refractivity contribution in [3.05, 3.63) is 70.3 Å². The molecule has 2 saturated carbocycles.